The lowest BCUT2D eigenvalue weighted by molar-refractivity contribution is 0.00677. The molecule has 1 fully saturated rings. The average Bonchev–Trinajstić information content (AvgIpc) is 2.58. The number of aryl methyl sites for hydroxylation is 1. The van der Waals surface area contributed by atoms with Gasteiger partial charge in [-0.25, -0.2) is 9.59 Å². The topological polar surface area (TPSA) is 65.1 Å². The van der Waals surface area contributed by atoms with E-state index in [-0.39, 0.29) is 12.1 Å². The molecule has 1 aliphatic rings. The molecule has 162 valence electrons. The molecule has 2 rings (SSSR count). The Morgan fingerprint density at radius 2 is 1.59 bits per heavy atom. The maximum atomic E-state index is 12.2. The van der Waals surface area contributed by atoms with Gasteiger partial charge in [0.1, 0.15) is 17.0 Å². The number of nitrogens with zero attached hydrogens (tertiary/aromatic N) is 1. The minimum absolute atomic E-state index is 0.245. The first-order valence-corrected chi connectivity index (χ1v) is 10.3. The quantitative estimate of drug-likeness (QED) is 0.661. The number of rotatable bonds is 4. The fraction of sp³-hybridized carbons (Fsp3) is 0.652. The molecule has 0 N–H and O–H groups in total. The number of amides is 1. The molecule has 1 heterocycles. The van der Waals surface area contributed by atoms with Crippen LogP contribution in [-0.4, -0.2) is 47.9 Å². The number of esters is 1. The van der Waals surface area contributed by atoms with Crippen LogP contribution in [0.3, 0.4) is 0 Å². The van der Waals surface area contributed by atoms with Gasteiger partial charge < -0.3 is 19.1 Å². The van der Waals surface area contributed by atoms with Crippen LogP contribution in [0.4, 0.5) is 4.79 Å². The molecule has 0 saturated carbocycles. The lowest BCUT2D eigenvalue weighted by Crippen LogP contribution is -2.42. The highest BCUT2D eigenvalue weighted by Gasteiger charge is 2.27. The lowest BCUT2D eigenvalue weighted by Gasteiger charge is -2.33. The lowest BCUT2D eigenvalue weighted by atomic mass is 9.98. The number of ether oxygens (including phenoxy) is 3. The summed E-state index contributed by atoms with van der Waals surface area (Å²) in [6.07, 6.45) is 1.52. The molecule has 1 saturated heterocycles. The molecule has 0 aliphatic carbocycles. The van der Waals surface area contributed by atoms with Gasteiger partial charge in [0.25, 0.3) is 0 Å². The highest BCUT2D eigenvalue weighted by atomic mass is 16.6. The molecule has 0 unspecified atom stereocenters. The van der Waals surface area contributed by atoms with Crippen molar-refractivity contribution in [2.24, 2.45) is 5.92 Å². The van der Waals surface area contributed by atoms with E-state index in [2.05, 4.69) is 0 Å². The Kier molecular flexibility index (Phi) is 7.20. The monoisotopic (exact) mass is 405 g/mol. The molecule has 0 radical (unpaired) electrons. The Morgan fingerprint density at radius 1 is 1.00 bits per heavy atom. The summed E-state index contributed by atoms with van der Waals surface area (Å²) in [5.74, 6) is 0.826. The van der Waals surface area contributed by atoms with Gasteiger partial charge in [-0.3, -0.25) is 0 Å². The van der Waals surface area contributed by atoms with E-state index in [0.717, 1.165) is 24.2 Å². The maximum absolute atomic E-state index is 12.2. The molecule has 29 heavy (non-hydrogen) atoms. The van der Waals surface area contributed by atoms with E-state index in [4.69, 9.17) is 14.2 Å². The van der Waals surface area contributed by atoms with Gasteiger partial charge in [-0.1, -0.05) is 0 Å². The smallest absolute Gasteiger partial charge is 0.410 e. The molecule has 6 heteroatoms. The molecule has 0 bridgehead atoms. The highest BCUT2D eigenvalue weighted by molar-refractivity contribution is 5.90. The minimum atomic E-state index is -0.520. The van der Waals surface area contributed by atoms with Crippen LogP contribution < -0.4 is 4.74 Å². The van der Waals surface area contributed by atoms with Crippen molar-refractivity contribution in [1.29, 1.82) is 0 Å². The van der Waals surface area contributed by atoms with E-state index in [1.165, 1.54) is 0 Å². The van der Waals surface area contributed by atoms with Crippen LogP contribution >= 0.6 is 0 Å². The van der Waals surface area contributed by atoms with Crippen LogP contribution in [0.25, 0.3) is 0 Å². The number of hydrogen-bond acceptors (Lipinski definition) is 5. The first kappa shape index (κ1) is 23.0. The third-order valence-corrected chi connectivity index (χ3v) is 4.55. The van der Waals surface area contributed by atoms with Crippen molar-refractivity contribution in [3.8, 4) is 5.75 Å². The predicted octanol–water partition coefficient (Wildman–Crippen LogP) is 4.98. The second-order valence-corrected chi connectivity index (χ2v) is 9.70. The zero-order valence-electron chi connectivity index (χ0n) is 18.8. The average molecular weight is 406 g/mol. The predicted molar refractivity (Wildman–Crippen MR) is 112 cm³/mol. The molecule has 0 spiro atoms. The standard InChI is InChI=1S/C23H35NO5/c1-16-14-18(20(25)28-22(2,3)4)8-9-19(16)27-15-17-10-12-24(13-11-17)21(26)29-23(5,6)7/h8-9,14,17H,10-13,15H2,1-7H3. The Morgan fingerprint density at radius 3 is 2.10 bits per heavy atom. The molecule has 0 atom stereocenters. The fourth-order valence-electron chi connectivity index (χ4n) is 3.09. The molecule has 0 aromatic heterocycles. The van der Waals surface area contributed by atoms with Crippen LogP contribution in [0, 0.1) is 12.8 Å². The van der Waals surface area contributed by atoms with Crippen LogP contribution in [0.1, 0.15) is 70.3 Å². The number of benzene rings is 1. The molecule has 1 aliphatic heterocycles. The summed E-state index contributed by atoms with van der Waals surface area (Å²) in [5, 5.41) is 0. The Hall–Kier alpha value is -2.24. The van der Waals surface area contributed by atoms with Crippen LogP contribution in [0.5, 0.6) is 5.75 Å². The van der Waals surface area contributed by atoms with E-state index in [9.17, 15) is 9.59 Å². The number of carbonyl (C=O) groups excluding carboxylic acids is 2. The molecular weight excluding hydrogens is 370 g/mol. The summed E-state index contributed by atoms with van der Waals surface area (Å²) in [6, 6.07) is 5.36. The largest absolute Gasteiger partial charge is 0.493 e. The zero-order chi connectivity index (χ0) is 21.8. The van der Waals surface area contributed by atoms with Gasteiger partial charge in [-0.15, -0.1) is 0 Å². The van der Waals surface area contributed by atoms with Gasteiger partial charge in [0, 0.05) is 13.1 Å². The highest BCUT2D eigenvalue weighted by Crippen LogP contribution is 2.24. The van der Waals surface area contributed by atoms with E-state index < -0.39 is 11.2 Å². The van der Waals surface area contributed by atoms with Crippen molar-refractivity contribution in [2.75, 3.05) is 19.7 Å². The van der Waals surface area contributed by atoms with Crippen molar-refractivity contribution >= 4 is 12.1 Å². The Balaban J connectivity index is 1.84. The van der Waals surface area contributed by atoms with Crippen molar-refractivity contribution in [2.45, 2.75) is 72.5 Å². The van der Waals surface area contributed by atoms with Crippen molar-refractivity contribution in [3.05, 3.63) is 29.3 Å². The number of carbonyl (C=O) groups is 2. The van der Waals surface area contributed by atoms with Gasteiger partial charge in [0.15, 0.2) is 0 Å². The van der Waals surface area contributed by atoms with Crippen molar-refractivity contribution < 1.29 is 23.8 Å². The molecule has 1 aromatic carbocycles. The first-order chi connectivity index (χ1) is 13.3. The second-order valence-electron chi connectivity index (χ2n) is 9.70. The van der Waals surface area contributed by atoms with Crippen molar-refractivity contribution in [3.63, 3.8) is 0 Å². The van der Waals surface area contributed by atoms with Gasteiger partial charge in [-0.2, -0.15) is 0 Å². The number of piperidine rings is 1. The van der Waals surface area contributed by atoms with E-state index >= 15 is 0 Å². The first-order valence-electron chi connectivity index (χ1n) is 10.3. The Labute approximate surface area is 174 Å². The van der Waals surface area contributed by atoms with Crippen LogP contribution in [0.2, 0.25) is 0 Å². The molecule has 1 aromatic rings. The Bertz CT molecular complexity index is 722. The molecule has 1 amide bonds. The van der Waals surface area contributed by atoms with Crippen LogP contribution in [0.15, 0.2) is 18.2 Å². The summed E-state index contributed by atoms with van der Waals surface area (Å²) in [5.41, 5.74) is 0.434. The van der Waals surface area contributed by atoms with Gasteiger partial charge in [0.2, 0.25) is 0 Å². The maximum Gasteiger partial charge on any atom is 0.410 e. The van der Waals surface area contributed by atoms with Crippen LogP contribution in [-0.2, 0) is 9.47 Å². The second kappa shape index (κ2) is 9.06. The SMILES string of the molecule is Cc1cc(C(=O)OC(C)(C)C)ccc1OCC1CCN(C(=O)OC(C)(C)C)CC1. The van der Waals surface area contributed by atoms with Gasteiger partial charge in [0.05, 0.1) is 12.2 Å². The normalized spacial score (nSPS) is 15.8. The summed E-state index contributed by atoms with van der Waals surface area (Å²) in [4.78, 5) is 26.1. The minimum Gasteiger partial charge on any atom is -0.493 e. The third kappa shape index (κ3) is 7.59. The van der Waals surface area contributed by atoms with E-state index in [1.807, 2.05) is 54.5 Å². The summed E-state index contributed by atoms with van der Waals surface area (Å²) in [7, 11) is 0. The number of hydrogen-bond donors (Lipinski definition) is 0. The molecule has 6 nitrogen and oxygen atoms in total. The summed E-state index contributed by atoms with van der Waals surface area (Å²) in [6.45, 7) is 15.1. The van der Waals surface area contributed by atoms with E-state index in [0.29, 0.717) is 31.2 Å². The van der Waals surface area contributed by atoms with Gasteiger partial charge in [-0.05, 0) is 91.0 Å². The third-order valence-electron chi connectivity index (χ3n) is 4.55. The molecular formula is C23H35NO5. The summed E-state index contributed by atoms with van der Waals surface area (Å²) < 4.78 is 16.8. The van der Waals surface area contributed by atoms with Crippen molar-refractivity contribution in [1.82, 2.24) is 4.90 Å². The van der Waals surface area contributed by atoms with Gasteiger partial charge >= 0.3 is 12.1 Å². The zero-order valence-corrected chi connectivity index (χ0v) is 18.8. The summed E-state index contributed by atoms with van der Waals surface area (Å²) >= 11 is 0. The number of likely N-dealkylation sites (tertiary alicyclic amines) is 1. The fourth-order valence-corrected chi connectivity index (χ4v) is 3.09. The van der Waals surface area contributed by atoms with E-state index in [1.54, 1.807) is 17.0 Å².